The highest BCUT2D eigenvalue weighted by Crippen LogP contribution is 2.34. The van der Waals surface area contributed by atoms with Gasteiger partial charge in [-0.3, -0.25) is 0 Å². The second-order valence-electron chi connectivity index (χ2n) is 5.85. The minimum Gasteiger partial charge on any atom is -0.503 e. The number of nitrogens with zero attached hydrogens (tertiary/aromatic N) is 2. The Labute approximate surface area is 166 Å². The van der Waals surface area contributed by atoms with E-state index < -0.39 is 11.8 Å². The van der Waals surface area contributed by atoms with E-state index in [9.17, 15) is 14.3 Å². The number of ether oxygens (including phenoxy) is 3. The van der Waals surface area contributed by atoms with E-state index in [0.717, 1.165) is 6.26 Å². The van der Waals surface area contributed by atoms with Gasteiger partial charge in [0.05, 0.1) is 19.4 Å². The van der Waals surface area contributed by atoms with E-state index in [2.05, 4.69) is 9.97 Å². The zero-order valence-electron chi connectivity index (χ0n) is 15.6. The molecule has 3 rings (SSSR count). The molecule has 0 atom stereocenters. The summed E-state index contributed by atoms with van der Waals surface area (Å²) in [6, 6.07) is 12.4. The Morgan fingerprint density at radius 1 is 1.07 bits per heavy atom. The number of hydrogen-bond donors (Lipinski definition) is 1. The van der Waals surface area contributed by atoms with E-state index in [4.69, 9.17) is 14.2 Å². The predicted molar refractivity (Wildman–Crippen MR) is 102 cm³/mol. The SMILES string of the molecule is CO/C=C(/C(=O)O)c1cccc(C)c1Oc1cc(Oc2ccccc2F)ncn1. The lowest BCUT2D eigenvalue weighted by Gasteiger charge is -2.14. The Balaban J connectivity index is 1.94. The molecule has 0 aliphatic rings. The molecule has 0 bridgehead atoms. The summed E-state index contributed by atoms with van der Waals surface area (Å²) in [5, 5.41) is 9.49. The third-order valence-electron chi connectivity index (χ3n) is 3.84. The summed E-state index contributed by atoms with van der Waals surface area (Å²) in [4.78, 5) is 19.6. The summed E-state index contributed by atoms with van der Waals surface area (Å²) in [6.07, 6.45) is 2.32. The Morgan fingerprint density at radius 2 is 1.79 bits per heavy atom. The van der Waals surface area contributed by atoms with Gasteiger partial charge in [0.15, 0.2) is 11.6 Å². The van der Waals surface area contributed by atoms with Crippen LogP contribution >= 0.6 is 0 Å². The average molecular weight is 396 g/mol. The van der Waals surface area contributed by atoms with Crippen LogP contribution in [0.2, 0.25) is 0 Å². The first-order valence-corrected chi connectivity index (χ1v) is 8.48. The fraction of sp³-hybridized carbons (Fsp3) is 0.0952. The highest BCUT2D eigenvalue weighted by atomic mass is 19.1. The van der Waals surface area contributed by atoms with Crippen molar-refractivity contribution in [3.05, 3.63) is 78.1 Å². The Morgan fingerprint density at radius 3 is 2.48 bits per heavy atom. The maximum absolute atomic E-state index is 13.8. The lowest BCUT2D eigenvalue weighted by Crippen LogP contribution is -2.04. The molecule has 0 radical (unpaired) electrons. The summed E-state index contributed by atoms with van der Waals surface area (Å²) in [7, 11) is 1.36. The number of rotatable bonds is 7. The van der Waals surface area contributed by atoms with Crippen molar-refractivity contribution in [1.29, 1.82) is 0 Å². The predicted octanol–water partition coefficient (Wildman–Crippen LogP) is 4.58. The summed E-state index contributed by atoms with van der Waals surface area (Å²) < 4.78 is 30.0. The molecular weight excluding hydrogens is 379 g/mol. The standard InChI is InChI=1S/C21H17FN2O5/c1-13-6-5-7-14(15(11-27-2)21(25)26)20(13)29-19-10-18(23-12-24-19)28-17-9-4-3-8-16(17)22/h3-12H,1-2H3,(H,25,26)/b15-11+. The molecule has 148 valence electrons. The van der Waals surface area contributed by atoms with Gasteiger partial charge in [-0.1, -0.05) is 30.3 Å². The molecule has 1 heterocycles. The van der Waals surface area contributed by atoms with Gasteiger partial charge in [0.1, 0.15) is 17.6 Å². The molecule has 7 nitrogen and oxygen atoms in total. The number of carbonyl (C=O) groups is 1. The molecule has 1 aromatic heterocycles. The van der Waals surface area contributed by atoms with Gasteiger partial charge in [-0.25, -0.2) is 19.2 Å². The lowest BCUT2D eigenvalue weighted by atomic mass is 10.0. The second-order valence-corrected chi connectivity index (χ2v) is 5.85. The number of para-hydroxylation sites is 2. The summed E-state index contributed by atoms with van der Waals surface area (Å²) in [5.41, 5.74) is 0.915. The molecule has 0 unspecified atom stereocenters. The molecule has 0 aliphatic carbocycles. The fourth-order valence-electron chi connectivity index (χ4n) is 2.53. The van der Waals surface area contributed by atoms with Crippen LogP contribution in [0.1, 0.15) is 11.1 Å². The van der Waals surface area contributed by atoms with Crippen molar-refractivity contribution in [2.24, 2.45) is 0 Å². The average Bonchev–Trinajstić information content (AvgIpc) is 2.70. The second kappa shape index (κ2) is 8.83. The monoisotopic (exact) mass is 396 g/mol. The molecule has 0 amide bonds. The Kier molecular flexibility index (Phi) is 6.03. The van der Waals surface area contributed by atoms with E-state index in [1.807, 2.05) is 0 Å². The van der Waals surface area contributed by atoms with Crippen LogP contribution in [0.5, 0.6) is 23.3 Å². The van der Waals surface area contributed by atoms with Crippen molar-refractivity contribution in [3.8, 4) is 23.3 Å². The van der Waals surface area contributed by atoms with Crippen molar-refractivity contribution in [1.82, 2.24) is 9.97 Å². The van der Waals surface area contributed by atoms with Gasteiger partial charge in [0.2, 0.25) is 11.8 Å². The van der Waals surface area contributed by atoms with Crippen molar-refractivity contribution < 1.29 is 28.5 Å². The van der Waals surface area contributed by atoms with Crippen LogP contribution in [-0.2, 0) is 9.53 Å². The number of carboxylic acids is 1. The molecule has 8 heteroatoms. The van der Waals surface area contributed by atoms with Gasteiger partial charge in [-0.15, -0.1) is 0 Å². The summed E-state index contributed by atoms with van der Waals surface area (Å²) in [5.74, 6) is -1.25. The molecular formula is C21H17FN2O5. The maximum Gasteiger partial charge on any atom is 0.339 e. The van der Waals surface area contributed by atoms with Crippen molar-refractivity contribution in [3.63, 3.8) is 0 Å². The quantitative estimate of drug-likeness (QED) is 0.462. The molecule has 0 saturated carbocycles. The lowest BCUT2D eigenvalue weighted by molar-refractivity contribution is -0.130. The van der Waals surface area contributed by atoms with Crippen LogP contribution in [-0.4, -0.2) is 28.2 Å². The van der Waals surface area contributed by atoms with E-state index in [0.29, 0.717) is 11.1 Å². The third kappa shape index (κ3) is 4.67. The van der Waals surface area contributed by atoms with Crippen LogP contribution < -0.4 is 9.47 Å². The van der Waals surface area contributed by atoms with Gasteiger partial charge in [0.25, 0.3) is 0 Å². The van der Waals surface area contributed by atoms with Crippen LogP contribution in [0.4, 0.5) is 4.39 Å². The number of aromatic nitrogens is 2. The van der Waals surface area contributed by atoms with E-state index >= 15 is 0 Å². The van der Waals surface area contributed by atoms with Gasteiger partial charge < -0.3 is 19.3 Å². The number of hydrogen-bond acceptors (Lipinski definition) is 6. The minimum atomic E-state index is -1.17. The molecule has 0 aliphatic heterocycles. The zero-order valence-corrected chi connectivity index (χ0v) is 15.6. The van der Waals surface area contributed by atoms with E-state index in [-0.39, 0.29) is 28.8 Å². The molecule has 0 spiro atoms. The Bertz CT molecular complexity index is 1070. The smallest absolute Gasteiger partial charge is 0.339 e. The third-order valence-corrected chi connectivity index (χ3v) is 3.84. The number of halogens is 1. The molecule has 0 fully saturated rings. The number of aliphatic carboxylic acids is 1. The number of methoxy groups -OCH3 is 1. The first-order valence-electron chi connectivity index (χ1n) is 8.48. The molecule has 29 heavy (non-hydrogen) atoms. The van der Waals surface area contributed by atoms with Crippen LogP contribution in [0.25, 0.3) is 5.57 Å². The summed E-state index contributed by atoms with van der Waals surface area (Å²) >= 11 is 0. The zero-order chi connectivity index (χ0) is 20.8. The highest BCUT2D eigenvalue weighted by Gasteiger charge is 2.19. The first-order chi connectivity index (χ1) is 14.0. The molecule has 3 aromatic rings. The largest absolute Gasteiger partial charge is 0.503 e. The van der Waals surface area contributed by atoms with E-state index in [1.54, 1.807) is 37.3 Å². The number of benzene rings is 2. The minimum absolute atomic E-state index is 0.00456. The van der Waals surface area contributed by atoms with Crippen LogP contribution in [0.3, 0.4) is 0 Å². The summed E-state index contributed by atoms with van der Waals surface area (Å²) in [6.45, 7) is 1.77. The first kappa shape index (κ1) is 19.8. The number of aryl methyl sites for hydroxylation is 1. The fourth-order valence-corrected chi connectivity index (χ4v) is 2.53. The molecule has 1 N–H and O–H groups in total. The Hall–Kier alpha value is -3.94. The van der Waals surface area contributed by atoms with E-state index in [1.165, 1.54) is 31.6 Å². The molecule has 2 aromatic carbocycles. The van der Waals surface area contributed by atoms with Gasteiger partial charge >= 0.3 is 5.97 Å². The number of carboxylic acid groups (broad SMARTS) is 1. The van der Waals surface area contributed by atoms with Gasteiger partial charge in [-0.05, 0) is 24.6 Å². The molecule has 0 saturated heterocycles. The topological polar surface area (TPSA) is 90.8 Å². The van der Waals surface area contributed by atoms with Crippen molar-refractivity contribution >= 4 is 11.5 Å². The normalized spacial score (nSPS) is 11.1. The highest BCUT2D eigenvalue weighted by molar-refractivity contribution is 6.16. The van der Waals surface area contributed by atoms with Gasteiger partial charge in [-0.2, -0.15) is 0 Å². The van der Waals surface area contributed by atoms with Crippen LogP contribution in [0, 0.1) is 12.7 Å². The van der Waals surface area contributed by atoms with Gasteiger partial charge in [0, 0.05) is 5.56 Å². The van der Waals surface area contributed by atoms with Crippen LogP contribution in [0.15, 0.2) is 61.1 Å². The maximum atomic E-state index is 13.8. The van der Waals surface area contributed by atoms with Crippen molar-refractivity contribution in [2.45, 2.75) is 6.92 Å². The van der Waals surface area contributed by atoms with Crippen molar-refractivity contribution in [2.75, 3.05) is 7.11 Å².